The van der Waals surface area contributed by atoms with Gasteiger partial charge >= 0.3 is 0 Å². The predicted molar refractivity (Wildman–Crippen MR) is 242 cm³/mol. The normalized spacial score (nSPS) is 16.7. The van der Waals surface area contributed by atoms with Crippen LogP contribution in [0.3, 0.4) is 0 Å². The second-order valence-corrected chi connectivity index (χ2v) is 16.4. The Bertz CT molecular complexity index is 869. The van der Waals surface area contributed by atoms with Crippen LogP contribution in [-0.2, 0) is 66.3 Å². The molecule has 0 bridgehead atoms. The molecule has 2 atom stereocenters. The standard InChI is InChI=1S/C47H94O16/c1-43(2)6-4-7-44(3)8-5-9-45-10-12-46(13-11-45)47(42-49)63-41-40-62-39-38-61-37-36-60-35-34-59-33-32-58-31-30-57-29-28-56-27-26-55-25-24-54-23-22-53-21-20-52-19-18-51-17-16-50-15-14-48/h43-49H,4-42H2,1-3H3. The molecule has 1 aliphatic rings. The molecule has 1 fully saturated rings. The first-order chi connectivity index (χ1) is 31.1. The van der Waals surface area contributed by atoms with Crippen molar-refractivity contribution in [3.63, 3.8) is 0 Å². The number of rotatable bonds is 52. The van der Waals surface area contributed by atoms with Crippen molar-refractivity contribution in [2.75, 3.05) is 192 Å². The van der Waals surface area contributed by atoms with Crippen LogP contribution in [0.25, 0.3) is 0 Å². The van der Waals surface area contributed by atoms with Crippen molar-refractivity contribution in [3.8, 4) is 0 Å². The molecule has 2 N–H and O–H groups in total. The fourth-order valence-electron chi connectivity index (χ4n) is 7.02. The molecule has 1 saturated carbocycles. The summed E-state index contributed by atoms with van der Waals surface area (Å²) in [5, 5.41) is 18.6. The van der Waals surface area contributed by atoms with Crippen LogP contribution < -0.4 is 0 Å². The molecule has 1 aliphatic carbocycles. The third-order valence-electron chi connectivity index (χ3n) is 10.6. The lowest BCUT2D eigenvalue weighted by Gasteiger charge is -2.33. The van der Waals surface area contributed by atoms with Crippen LogP contribution in [0.2, 0.25) is 0 Å². The van der Waals surface area contributed by atoms with Crippen molar-refractivity contribution >= 4 is 0 Å². The Morgan fingerprint density at radius 1 is 0.365 bits per heavy atom. The van der Waals surface area contributed by atoms with Crippen LogP contribution in [0, 0.1) is 23.7 Å². The minimum Gasteiger partial charge on any atom is -0.394 e. The van der Waals surface area contributed by atoms with E-state index in [1.807, 2.05) is 0 Å². The highest BCUT2D eigenvalue weighted by atomic mass is 16.6. The molecule has 0 amide bonds. The largest absolute Gasteiger partial charge is 0.394 e. The zero-order valence-electron chi connectivity index (χ0n) is 40.1. The molecule has 2 unspecified atom stereocenters. The maximum Gasteiger partial charge on any atom is 0.0834 e. The first kappa shape index (κ1) is 60.4. The van der Waals surface area contributed by atoms with Gasteiger partial charge in [0.15, 0.2) is 0 Å². The molecule has 0 aliphatic heterocycles. The second kappa shape index (κ2) is 49.3. The van der Waals surface area contributed by atoms with E-state index in [1.54, 1.807) is 0 Å². The molecule has 1 rings (SSSR count). The summed E-state index contributed by atoms with van der Waals surface area (Å²) in [6.45, 7) is 20.5. The topological polar surface area (TPSA) is 170 Å². The summed E-state index contributed by atoms with van der Waals surface area (Å²) in [6.07, 6.45) is 12.9. The van der Waals surface area contributed by atoms with E-state index >= 15 is 0 Å². The van der Waals surface area contributed by atoms with Gasteiger partial charge in [-0.2, -0.15) is 0 Å². The van der Waals surface area contributed by atoms with E-state index < -0.39 is 0 Å². The molecule has 0 heterocycles. The summed E-state index contributed by atoms with van der Waals surface area (Å²) >= 11 is 0. The number of hydrogen-bond donors (Lipinski definition) is 2. The van der Waals surface area contributed by atoms with Gasteiger partial charge in [0.05, 0.1) is 198 Å². The SMILES string of the molecule is CC(C)CCCC(C)CCCC1CCC(C(CO)OCCOCCOCCOCCOCCOCCOCCOCCOCCOCCOCCOCCOCCOCCO)CC1. The maximum absolute atomic E-state index is 9.96. The molecule has 16 heteroatoms. The van der Waals surface area contributed by atoms with Gasteiger partial charge in [-0.25, -0.2) is 0 Å². The summed E-state index contributed by atoms with van der Waals surface area (Å²) in [6, 6.07) is 0. The number of ether oxygens (including phenoxy) is 14. The van der Waals surface area contributed by atoms with Gasteiger partial charge in [-0.05, 0) is 36.5 Å². The Morgan fingerprint density at radius 2 is 0.667 bits per heavy atom. The average molecular weight is 915 g/mol. The quantitative estimate of drug-likeness (QED) is 0.0781. The Labute approximate surface area is 382 Å². The van der Waals surface area contributed by atoms with E-state index in [4.69, 9.17) is 71.4 Å². The van der Waals surface area contributed by atoms with E-state index in [-0.39, 0.29) is 19.3 Å². The van der Waals surface area contributed by atoms with Crippen LogP contribution in [0.5, 0.6) is 0 Å². The van der Waals surface area contributed by atoms with Crippen molar-refractivity contribution in [1.29, 1.82) is 0 Å². The number of hydrogen-bond acceptors (Lipinski definition) is 16. The lowest BCUT2D eigenvalue weighted by Crippen LogP contribution is -2.32. The molecule has 0 aromatic carbocycles. The number of aliphatic hydroxyl groups is 2. The highest BCUT2D eigenvalue weighted by molar-refractivity contribution is 4.78. The highest BCUT2D eigenvalue weighted by Gasteiger charge is 2.27. The van der Waals surface area contributed by atoms with Gasteiger partial charge in [0, 0.05) is 0 Å². The molecular weight excluding hydrogens is 821 g/mol. The molecular formula is C47H94O16. The van der Waals surface area contributed by atoms with E-state index in [0.29, 0.717) is 184 Å². The van der Waals surface area contributed by atoms with E-state index in [0.717, 1.165) is 30.6 Å². The summed E-state index contributed by atoms with van der Waals surface area (Å²) in [7, 11) is 0. The number of aliphatic hydroxyl groups excluding tert-OH is 2. The molecule has 378 valence electrons. The monoisotopic (exact) mass is 915 g/mol. The average Bonchev–Trinajstić information content (AvgIpc) is 3.28. The van der Waals surface area contributed by atoms with Gasteiger partial charge in [0.25, 0.3) is 0 Å². The second-order valence-electron chi connectivity index (χ2n) is 16.4. The Morgan fingerprint density at radius 3 is 0.968 bits per heavy atom. The van der Waals surface area contributed by atoms with Crippen molar-refractivity contribution in [2.45, 2.75) is 91.1 Å². The Kier molecular flexibility index (Phi) is 47.2. The molecule has 63 heavy (non-hydrogen) atoms. The first-order valence-corrected chi connectivity index (χ1v) is 24.4. The van der Waals surface area contributed by atoms with Crippen LogP contribution in [0.1, 0.15) is 85.0 Å². The predicted octanol–water partition coefficient (Wildman–Crippen LogP) is 5.01. The first-order valence-electron chi connectivity index (χ1n) is 24.4. The van der Waals surface area contributed by atoms with Crippen LogP contribution in [0.4, 0.5) is 0 Å². The zero-order chi connectivity index (χ0) is 45.4. The third-order valence-corrected chi connectivity index (χ3v) is 10.6. The van der Waals surface area contributed by atoms with Crippen molar-refractivity contribution in [1.82, 2.24) is 0 Å². The third kappa shape index (κ3) is 43.7. The fraction of sp³-hybridized carbons (Fsp3) is 1.00. The minimum atomic E-state index is -0.0843. The van der Waals surface area contributed by atoms with Crippen LogP contribution in [0.15, 0.2) is 0 Å². The summed E-state index contributed by atoms with van der Waals surface area (Å²) in [4.78, 5) is 0. The van der Waals surface area contributed by atoms with Gasteiger partial charge in [-0.1, -0.05) is 72.1 Å². The summed E-state index contributed by atoms with van der Waals surface area (Å²) < 4.78 is 77.2. The molecule has 0 aromatic rings. The smallest absolute Gasteiger partial charge is 0.0834 e. The lowest BCUT2D eigenvalue weighted by atomic mass is 9.77. The van der Waals surface area contributed by atoms with Crippen LogP contribution >= 0.6 is 0 Å². The lowest BCUT2D eigenvalue weighted by molar-refractivity contribution is -0.0621. The van der Waals surface area contributed by atoms with Crippen molar-refractivity contribution in [2.24, 2.45) is 23.7 Å². The van der Waals surface area contributed by atoms with E-state index in [9.17, 15) is 5.11 Å². The van der Waals surface area contributed by atoms with E-state index in [2.05, 4.69) is 20.8 Å². The van der Waals surface area contributed by atoms with Gasteiger partial charge in [0.2, 0.25) is 0 Å². The highest BCUT2D eigenvalue weighted by Crippen LogP contribution is 2.35. The minimum absolute atomic E-state index is 0.0224. The molecule has 16 nitrogen and oxygen atoms in total. The summed E-state index contributed by atoms with van der Waals surface area (Å²) in [5.74, 6) is 2.97. The van der Waals surface area contributed by atoms with Crippen molar-refractivity contribution in [3.05, 3.63) is 0 Å². The van der Waals surface area contributed by atoms with Gasteiger partial charge in [-0.15, -0.1) is 0 Å². The van der Waals surface area contributed by atoms with Gasteiger partial charge < -0.3 is 76.5 Å². The van der Waals surface area contributed by atoms with E-state index in [1.165, 1.54) is 51.4 Å². The Balaban J connectivity index is 1.71. The summed E-state index contributed by atoms with van der Waals surface area (Å²) in [5.41, 5.74) is 0. The van der Waals surface area contributed by atoms with Crippen molar-refractivity contribution < 1.29 is 76.5 Å². The zero-order valence-corrected chi connectivity index (χ0v) is 40.1. The molecule has 0 radical (unpaired) electrons. The molecule has 0 saturated heterocycles. The van der Waals surface area contributed by atoms with Gasteiger partial charge in [0.1, 0.15) is 0 Å². The molecule has 0 aromatic heterocycles. The van der Waals surface area contributed by atoms with Crippen LogP contribution in [-0.4, -0.2) is 208 Å². The maximum atomic E-state index is 9.96. The Hall–Kier alpha value is -0.640. The molecule has 0 spiro atoms. The fourth-order valence-corrected chi connectivity index (χ4v) is 7.02. The van der Waals surface area contributed by atoms with Gasteiger partial charge in [-0.3, -0.25) is 0 Å².